The molecular formula is C22H26N2O4. The molecule has 1 fully saturated rings. The van der Waals surface area contributed by atoms with Crippen molar-refractivity contribution in [2.45, 2.75) is 38.9 Å². The molecule has 6 nitrogen and oxygen atoms in total. The van der Waals surface area contributed by atoms with Gasteiger partial charge < -0.3 is 20.1 Å². The summed E-state index contributed by atoms with van der Waals surface area (Å²) in [4.78, 5) is 25.1. The van der Waals surface area contributed by atoms with Gasteiger partial charge in [0.25, 0.3) is 11.8 Å². The third-order valence-electron chi connectivity index (χ3n) is 4.62. The van der Waals surface area contributed by atoms with Crippen molar-refractivity contribution in [1.82, 2.24) is 5.32 Å². The van der Waals surface area contributed by atoms with Gasteiger partial charge in [-0.05, 0) is 56.5 Å². The smallest absolute Gasteiger partial charge is 0.265 e. The van der Waals surface area contributed by atoms with Gasteiger partial charge in [0, 0.05) is 13.2 Å². The topological polar surface area (TPSA) is 76.7 Å². The van der Waals surface area contributed by atoms with Crippen LogP contribution in [0.3, 0.4) is 0 Å². The molecule has 2 unspecified atom stereocenters. The number of aryl methyl sites for hydroxylation is 1. The van der Waals surface area contributed by atoms with Gasteiger partial charge in [0.2, 0.25) is 0 Å². The first kappa shape index (κ1) is 19.9. The Kier molecular flexibility index (Phi) is 6.66. The van der Waals surface area contributed by atoms with Crippen LogP contribution in [0.5, 0.6) is 5.75 Å². The van der Waals surface area contributed by atoms with Crippen molar-refractivity contribution in [2.75, 3.05) is 18.5 Å². The van der Waals surface area contributed by atoms with Crippen molar-refractivity contribution in [1.29, 1.82) is 0 Å². The van der Waals surface area contributed by atoms with Crippen LogP contribution >= 0.6 is 0 Å². The van der Waals surface area contributed by atoms with Crippen LogP contribution in [-0.2, 0) is 9.53 Å². The standard InChI is InChI=1S/C22H26N2O4/c1-15-7-5-8-17(13-15)28-16(2)21(25)24-20-11-4-3-10-19(20)22(26)23-14-18-9-6-12-27-18/h3-5,7-8,10-11,13,16,18H,6,9,12,14H2,1-2H3,(H,23,26)(H,24,25). The molecule has 0 spiro atoms. The Morgan fingerprint density at radius 2 is 2.04 bits per heavy atom. The van der Waals surface area contributed by atoms with E-state index in [0.29, 0.717) is 23.5 Å². The molecule has 0 bridgehead atoms. The van der Waals surface area contributed by atoms with E-state index < -0.39 is 6.10 Å². The lowest BCUT2D eigenvalue weighted by Gasteiger charge is -2.17. The van der Waals surface area contributed by atoms with Crippen molar-refractivity contribution in [3.63, 3.8) is 0 Å². The van der Waals surface area contributed by atoms with Gasteiger partial charge in [-0.25, -0.2) is 0 Å². The number of ether oxygens (including phenoxy) is 2. The zero-order valence-corrected chi connectivity index (χ0v) is 16.2. The Morgan fingerprint density at radius 1 is 1.21 bits per heavy atom. The van der Waals surface area contributed by atoms with Crippen LogP contribution in [0.2, 0.25) is 0 Å². The highest BCUT2D eigenvalue weighted by Gasteiger charge is 2.20. The highest BCUT2D eigenvalue weighted by Crippen LogP contribution is 2.18. The molecule has 3 rings (SSSR count). The van der Waals surface area contributed by atoms with Gasteiger partial charge in [0.1, 0.15) is 5.75 Å². The fourth-order valence-electron chi connectivity index (χ4n) is 3.08. The SMILES string of the molecule is Cc1cccc(OC(C)C(=O)Nc2ccccc2C(=O)NCC2CCCO2)c1. The summed E-state index contributed by atoms with van der Waals surface area (Å²) in [7, 11) is 0. The minimum atomic E-state index is -0.704. The van der Waals surface area contributed by atoms with Crippen LogP contribution in [0.25, 0.3) is 0 Å². The fourth-order valence-corrected chi connectivity index (χ4v) is 3.08. The first-order valence-corrected chi connectivity index (χ1v) is 9.56. The third-order valence-corrected chi connectivity index (χ3v) is 4.62. The Balaban J connectivity index is 1.61. The second kappa shape index (κ2) is 9.37. The average molecular weight is 382 g/mol. The quantitative estimate of drug-likeness (QED) is 0.770. The van der Waals surface area contributed by atoms with Crippen LogP contribution in [0.15, 0.2) is 48.5 Å². The summed E-state index contributed by atoms with van der Waals surface area (Å²) in [6.07, 6.45) is 1.33. The molecule has 2 atom stereocenters. The Labute approximate surface area is 165 Å². The molecule has 28 heavy (non-hydrogen) atoms. The molecule has 148 valence electrons. The first-order valence-electron chi connectivity index (χ1n) is 9.56. The van der Waals surface area contributed by atoms with E-state index in [1.807, 2.05) is 31.2 Å². The molecule has 1 heterocycles. The lowest BCUT2D eigenvalue weighted by Crippen LogP contribution is -2.34. The number of amides is 2. The van der Waals surface area contributed by atoms with E-state index in [0.717, 1.165) is 25.0 Å². The number of anilines is 1. The summed E-state index contributed by atoms with van der Waals surface area (Å²) < 4.78 is 11.2. The molecular weight excluding hydrogens is 356 g/mol. The van der Waals surface area contributed by atoms with Gasteiger partial charge in [-0.2, -0.15) is 0 Å². The van der Waals surface area contributed by atoms with E-state index in [-0.39, 0.29) is 17.9 Å². The van der Waals surface area contributed by atoms with Gasteiger partial charge >= 0.3 is 0 Å². The molecule has 2 aromatic carbocycles. The number of para-hydroxylation sites is 1. The van der Waals surface area contributed by atoms with Crippen molar-refractivity contribution in [3.8, 4) is 5.75 Å². The van der Waals surface area contributed by atoms with Crippen LogP contribution in [0.1, 0.15) is 35.7 Å². The van der Waals surface area contributed by atoms with E-state index in [9.17, 15) is 9.59 Å². The van der Waals surface area contributed by atoms with Gasteiger partial charge in [-0.1, -0.05) is 24.3 Å². The van der Waals surface area contributed by atoms with Gasteiger partial charge in [-0.15, -0.1) is 0 Å². The number of hydrogen-bond acceptors (Lipinski definition) is 4. The largest absolute Gasteiger partial charge is 0.481 e. The van der Waals surface area contributed by atoms with Crippen molar-refractivity contribution < 1.29 is 19.1 Å². The second-order valence-electron chi connectivity index (χ2n) is 6.96. The number of rotatable bonds is 7. The van der Waals surface area contributed by atoms with Crippen LogP contribution in [-0.4, -0.2) is 37.2 Å². The highest BCUT2D eigenvalue weighted by atomic mass is 16.5. The number of carbonyl (C=O) groups excluding carboxylic acids is 2. The molecule has 1 aliphatic rings. The summed E-state index contributed by atoms with van der Waals surface area (Å²) in [6, 6.07) is 14.5. The lowest BCUT2D eigenvalue weighted by atomic mass is 10.1. The lowest BCUT2D eigenvalue weighted by molar-refractivity contribution is -0.122. The number of benzene rings is 2. The maximum Gasteiger partial charge on any atom is 0.265 e. The van der Waals surface area contributed by atoms with E-state index >= 15 is 0 Å². The zero-order chi connectivity index (χ0) is 19.9. The molecule has 2 N–H and O–H groups in total. The summed E-state index contributed by atoms with van der Waals surface area (Å²) >= 11 is 0. The molecule has 0 aliphatic carbocycles. The minimum Gasteiger partial charge on any atom is -0.481 e. The third kappa shape index (κ3) is 5.33. The van der Waals surface area contributed by atoms with Crippen LogP contribution in [0.4, 0.5) is 5.69 Å². The second-order valence-corrected chi connectivity index (χ2v) is 6.96. The Hall–Kier alpha value is -2.86. The van der Waals surface area contributed by atoms with E-state index in [1.54, 1.807) is 31.2 Å². The maximum absolute atomic E-state index is 12.6. The van der Waals surface area contributed by atoms with Gasteiger partial charge in [0.15, 0.2) is 6.10 Å². The maximum atomic E-state index is 12.6. The normalized spacial score (nSPS) is 17.0. The van der Waals surface area contributed by atoms with E-state index in [2.05, 4.69) is 10.6 Å². The van der Waals surface area contributed by atoms with Crippen molar-refractivity contribution in [3.05, 3.63) is 59.7 Å². The molecule has 0 radical (unpaired) electrons. The summed E-state index contributed by atoms with van der Waals surface area (Å²) in [6.45, 7) is 4.85. The monoisotopic (exact) mass is 382 g/mol. The molecule has 2 aromatic rings. The number of hydrogen-bond donors (Lipinski definition) is 2. The van der Waals surface area contributed by atoms with Crippen LogP contribution < -0.4 is 15.4 Å². The number of carbonyl (C=O) groups is 2. The zero-order valence-electron chi connectivity index (χ0n) is 16.2. The Morgan fingerprint density at radius 3 is 2.79 bits per heavy atom. The average Bonchev–Trinajstić information content (AvgIpc) is 3.20. The first-order chi connectivity index (χ1) is 13.5. The molecule has 6 heteroatoms. The molecule has 0 saturated carbocycles. The fraction of sp³-hybridized carbons (Fsp3) is 0.364. The highest BCUT2D eigenvalue weighted by molar-refractivity contribution is 6.04. The predicted molar refractivity (Wildman–Crippen MR) is 108 cm³/mol. The molecule has 2 amide bonds. The summed E-state index contributed by atoms with van der Waals surface area (Å²) in [5, 5.41) is 5.68. The van der Waals surface area contributed by atoms with Crippen molar-refractivity contribution >= 4 is 17.5 Å². The Bertz CT molecular complexity index is 831. The van der Waals surface area contributed by atoms with Gasteiger partial charge in [0.05, 0.1) is 17.4 Å². The van der Waals surface area contributed by atoms with E-state index in [1.165, 1.54) is 0 Å². The van der Waals surface area contributed by atoms with Crippen LogP contribution in [0, 0.1) is 6.92 Å². The summed E-state index contributed by atoms with van der Waals surface area (Å²) in [5.74, 6) is 0.0739. The number of nitrogens with one attached hydrogen (secondary N) is 2. The molecule has 0 aromatic heterocycles. The minimum absolute atomic E-state index is 0.0634. The molecule has 1 saturated heterocycles. The molecule has 1 aliphatic heterocycles. The van der Waals surface area contributed by atoms with Gasteiger partial charge in [-0.3, -0.25) is 9.59 Å². The summed E-state index contributed by atoms with van der Waals surface area (Å²) in [5.41, 5.74) is 1.92. The predicted octanol–water partition coefficient (Wildman–Crippen LogP) is 3.31. The van der Waals surface area contributed by atoms with Crippen molar-refractivity contribution in [2.24, 2.45) is 0 Å². The van der Waals surface area contributed by atoms with E-state index in [4.69, 9.17) is 9.47 Å².